The molecule has 0 bridgehead atoms. The summed E-state index contributed by atoms with van der Waals surface area (Å²) in [5.41, 5.74) is 4.96. The van der Waals surface area contributed by atoms with Crippen molar-refractivity contribution in [2.45, 2.75) is 32.7 Å². The Balaban J connectivity index is 1.39. The van der Waals surface area contributed by atoms with Gasteiger partial charge in [0.05, 0.1) is 6.42 Å². The first-order valence-electron chi connectivity index (χ1n) is 12.6. The second-order valence-electron chi connectivity index (χ2n) is 9.64. The maximum absolute atomic E-state index is 13.2. The Morgan fingerprint density at radius 1 is 0.895 bits per heavy atom. The lowest BCUT2D eigenvalue weighted by atomic mass is 10.0. The molecule has 0 aliphatic heterocycles. The van der Waals surface area contributed by atoms with E-state index in [9.17, 15) is 14.4 Å². The van der Waals surface area contributed by atoms with Crippen molar-refractivity contribution < 1.29 is 19.5 Å². The van der Waals surface area contributed by atoms with Crippen LogP contribution in [-0.4, -0.2) is 40.5 Å². The highest BCUT2D eigenvalue weighted by atomic mass is 16.4. The van der Waals surface area contributed by atoms with Crippen LogP contribution < -0.4 is 16.0 Å². The average Bonchev–Trinajstić information content (AvgIpc) is 3.33. The minimum atomic E-state index is -0.968. The normalized spacial score (nSPS) is 11.8. The number of amides is 2. The van der Waals surface area contributed by atoms with Crippen molar-refractivity contribution in [3.63, 3.8) is 0 Å². The molecule has 0 unspecified atom stereocenters. The smallest absolute Gasteiger partial charge is 0.305 e. The van der Waals surface area contributed by atoms with Crippen LogP contribution in [0, 0.1) is 5.92 Å². The lowest BCUT2D eigenvalue weighted by molar-refractivity contribution is -0.136. The van der Waals surface area contributed by atoms with Gasteiger partial charge in [0.2, 0.25) is 5.91 Å². The number of fused-ring (bicyclic) bond motifs is 1. The molecule has 4 rings (SSSR count). The van der Waals surface area contributed by atoms with Crippen LogP contribution in [0.2, 0.25) is 0 Å². The van der Waals surface area contributed by atoms with E-state index in [0.717, 1.165) is 22.2 Å². The van der Waals surface area contributed by atoms with Gasteiger partial charge in [-0.05, 0) is 66.4 Å². The van der Waals surface area contributed by atoms with Gasteiger partial charge in [0, 0.05) is 40.1 Å². The third kappa shape index (κ3) is 7.00. The largest absolute Gasteiger partial charge is 0.481 e. The highest BCUT2D eigenvalue weighted by Gasteiger charge is 2.20. The molecular weight excluding hydrogens is 480 g/mol. The predicted octanol–water partition coefficient (Wildman–Crippen LogP) is 5.50. The third-order valence-electron chi connectivity index (χ3n) is 6.13. The number of aromatic nitrogens is 1. The molecule has 3 aromatic carbocycles. The standard InChI is InChI=1S/C30H32N4O4/c1-19(2)17-27(32-23-13-9-21(10-14-23)29(37)31-16-15-28(35)36)30(38)33-24-11-7-20(8-12-24)26-18-22-5-3-4-6-25(22)34-26/h3-14,18-19,27,32,34H,15-17H2,1-2H3,(H,31,37)(H,33,38)(H,35,36)/t27-/m0/s1. The fraction of sp³-hybridized carbons (Fsp3) is 0.233. The number of carbonyl (C=O) groups excluding carboxylic acids is 2. The van der Waals surface area contributed by atoms with Gasteiger partial charge in [-0.15, -0.1) is 0 Å². The molecule has 38 heavy (non-hydrogen) atoms. The molecule has 196 valence electrons. The molecule has 1 heterocycles. The Kier molecular flexibility index (Phi) is 8.43. The molecule has 0 fully saturated rings. The van der Waals surface area contributed by atoms with E-state index in [1.807, 2.05) is 42.5 Å². The number of para-hydroxylation sites is 1. The lowest BCUT2D eigenvalue weighted by Gasteiger charge is -2.21. The number of hydrogen-bond acceptors (Lipinski definition) is 4. The molecule has 2 amide bonds. The van der Waals surface area contributed by atoms with Gasteiger partial charge >= 0.3 is 5.97 Å². The molecule has 8 heteroatoms. The van der Waals surface area contributed by atoms with E-state index in [-0.39, 0.29) is 30.7 Å². The van der Waals surface area contributed by atoms with E-state index < -0.39 is 12.0 Å². The fourth-order valence-corrected chi connectivity index (χ4v) is 4.20. The fourth-order valence-electron chi connectivity index (χ4n) is 4.20. The Hall–Kier alpha value is -4.59. The molecule has 5 N–H and O–H groups in total. The van der Waals surface area contributed by atoms with Gasteiger partial charge in [0.15, 0.2) is 0 Å². The second-order valence-corrected chi connectivity index (χ2v) is 9.64. The number of carbonyl (C=O) groups is 3. The van der Waals surface area contributed by atoms with E-state index >= 15 is 0 Å². The highest BCUT2D eigenvalue weighted by molar-refractivity contribution is 5.97. The quantitative estimate of drug-likeness (QED) is 0.181. The van der Waals surface area contributed by atoms with E-state index in [1.54, 1.807) is 24.3 Å². The lowest BCUT2D eigenvalue weighted by Crippen LogP contribution is -2.35. The van der Waals surface area contributed by atoms with Gasteiger partial charge in [-0.1, -0.05) is 44.2 Å². The van der Waals surface area contributed by atoms with E-state index in [2.05, 4.69) is 46.9 Å². The number of carboxylic acids is 1. The molecule has 0 aliphatic carbocycles. The van der Waals surface area contributed by atoms with Gasteiger partial charge < -0.3 is 26.0 Å². The van der Waals surface area contributed by atoms with E-state index in [4.69, 9.17) is 5.11 Å². The number of rotatable bonds is 11. The maximum Gasteiger partial charge on any atom is 0.305 e. The number of carboxylic acid groups (broad SMARTS) is 1. The van der Waals surface area contributed by atoms with Crippen molar-refractivity contribution in [3.05, 3.63) is 84.4 Å². The van der Waals surface area contributed by atoms with Gasteiger partial charge in [-0.2, -0.15) is 0 Å². The maximum atomic E-state index is 13.2. The first-order valence-corrected chi connectivity index (χ1v) is 12.6. The number of benzene rings is 3. The summed E-state index contributed by atoms with van der Waals surface area (Å²) >= 11 is 0. The minimum Gasteiger partial charge on any atom is -0.481 e. The molecular formula is C30H32N4O4. The number of aromatic amines is 1. The van der Waals surface area contributed by atoms with Crippen LogP contribution in [0.15, 0.2) is 78.9 Å². The van der Waals surface area contributed by atoms with Gasteiger partial charge in [-0.3, -0.25) is 14.4 Å². The number of hydrogen-bond donors (Lipinski definition) is 5. The van der Waals surface area contributed by atoms with Crippen molar-refractivity contribution in [3.8, 4) is 11.3 Å². The zero-order valence-corrected chi connectivity index (χ0v) is 21.5. The third-order valence-corrected chi connectivity index (χ3v) is 6.13. The summed E-state index contributed by atoms with van der Waals surface area (Å²) in [6, 6.07) is 24.3. The van der Waals surface area contributed by atoms with Crippen molar-refractivity contribution in [2.75, 3.05) is 17.2 Å². The monoisotopic (exact) mass is 512 g/mol. The Morgan fingerprint density at radius 3 is 2.24 bits per heavy atom. The first-order chi connectivity index (χ1) is 18.3. The van der Waals surface area contributed by atoms with Crippen LogP contribution in [0.5, 0.6) is 0 Å². The van der Waals surface area contributed by atoms with Crippen molar-refractivity contribution in [1.29, 1.82) is 0 Å². The zero-order chi connectivity index (χ0) is 27.1. The summed E-state index contributed by atoms with van der Waals surface area (Å²) in [5, 5.41) is 18.7. The molecule has 0 radical (unpaired) electrons. The topological polar surface area (TPSA) is 123 Å². The summed E-state index contributed by atoms with van der Waals surface area (Å²) in [6.45, 7) is 4.18. The SMILES string of the molecule is CC(C)C[C@H](Nc1ccc(C(=O)NCCC(=O)O)cc1)C(=O)Nc1ccc(-c2cc3ccccc3[nH]2)cc1. The van der Waals surface area contributed by atoms with Crippen molar-refractivity contribution in [2.24, 2.45) is 5.92 Å². The molecule has 0 spiro atoms. The second kappa shape index (κ2) is 12.1. The molecule has 1 aromatic heterocycles. The summed E-state index contributed by atoms with van der Waals surface area (Å²) in [4.78, 5) is 39.4. The van der Waals surface area contributed by atoms with Crippen LogP contribution in [0.25, 0.3) is 22.2 Å². The Labute approximate surface area is 221 Å². The molecule has 4 aromatic rings. The van der Waals surface area contributed by atoms with Crippen molar-refractivity contribution >= 4 is 40.1 Å². The van der Waals surface area contributed by atoms with Crippen LogP contribution in [0.1, 0.15) is 37.0 Å². The van der Waals surface area contributed by atoms with Crippen LogP contribution in [-0.2, 0) is 9.59 Å². The number of aliphatic carboxylic acids is 1. The summed E-state index contributed by atoms with van der Waals surface area (Å²) in [5.74, 6) is -1.18. The molecule has 0 saturated heterocycles. The Morgan fingerprint density at radius 2 is 1.58 bits per heavy atom. The molecule has 8 nitrogen and oxygen atoms in total. The Bertz CT molecular complexity index is 1380. The van der Waals surface area contributed by atoms with E-state index in [0.29, 0.717) is 23.4 Å². The number of anilines is 2. The molecule has 0 saturated carbocycles. The van der Waals surface area contributed by atoms with Crippen molar-refractivity contribution in [1.82, 2.24) is 10.3 Å². The van der Waals surface area contributed by atoms with Crippen LogP contribution in [0.4, 0.5) is 11.4 Å². The summed E-state index contributed by atoms with van der Waals surface area (Å²) < 4.78 is 0. The minimum absolute atomic E-state index is 0.0630. The first kappa shape index (κ1) is 26.5. The van der Waals surface area contributed by atoms with E-state index in [1.165, 1.54) is 0 Å². The molecule has 0 aliphatic rings. The van der Waals surface area contributed by atoms with Crippen LogP contribution >= 0.6 is 0 Å². The van der Waals surface area contributed by atoms with Gasteiger partial charge in [0.1, 0.15) is 6.04 Å². The van der Waals surface area contributed by atoms with Crippen LogP contribution in [0.3, 0.4) is 0 Å². The van der Waals surface area contributed by atoms with Gasteiger partial charge in [-0.25, -0.2) is 0 Å². The predicted molar refractivity (Wildman–Crippen MR) is 150 cm³/mol. The highest BCUT2D eigenvalue weighted by Crippen LogP contribution is 2.25. The summed E-state index contributed by atoms with van der Waals surface area (Å²) in [7, 11) is 0. The number of nitrogens with one attached hydrogen (secondary N) is 4. The zero-order valence-electron chi connectivity index (χ0n) is 21.5. The number of H-pyrrole nitrogens is 1. The molecule has 1 atom stereocenters. The average molecular weight is 513 g/mol. The summed E-state index contributed by atoms with van der Waals surface area (Å²) in [6.07, 6.45) is 0.486. The van der Waals surface area contributed by atoms with Gasteiger partial charge in [0.25, 0.3) is 5.91 Å².